The Morgan fingerprint density at radius 2 is 1.89 bits per heavy atom. The van der Waals surface area contributed by atoms with Crippen LogP contribution < -0.4 is 5.73 Å². The van der Waals surface area contributed by atoms with Gasteiger partial charge in [-0.2, -0.15) is 4.98 Å². The zero-order chi connectivity index (χ0) is 13.2. The quantitative estimate of drug-likeness (QED) is 0.731. The lowest BCUT2D eigenvalue weighted by Crippen LogP contribution is -1.86. The molecular formula is C14H10BrN3O. The summed E-state index contributed by atoms with van der Waals surface area (Å²) >= 11 is 3.46. The van der Waals surface area contributed by atoms with E-state index in [0.717, 1.165) is 15.6 Å². The average Bonchev–Trinajstić information content (AvgIpc) is 2.89. The highest BCUT2D eigenvalue weighted by Crippen LogP contribution is 2.28. The van der Waals surface area contributed by atoms with Gasteiger partial charge in [-0.05, 0) is 40.2 Å². The molecule has 3 rings (SSSR count). The number of benzene rings is 2. The highest BCUT2D eigenvalue weighted by Gasteiger charge is 2.12. The van der Waals surface area contributed by atoms with Gasteiger partial charge in [-0.3, -0.25) is 0 Å². The molecule has 0 amide bonds. The van der Waals surface area contributed by atoms with Crippen molar-refractivity contribution in [1.82, 2.24) is 10.1 Å². The van der Waals surface area contributed by atoms with E-state index in [2.05, 4.69) is 26.1 Å². The first-order chi connectivity index (χ1) is 9.24. The summed E-state index contributed by atoms with van der Waals surface area (Å²) in [6.07, 6.45) is 0. The molecule has 0 saturated carbocycles. The van der Waals surface area contributed by atoms with Crippen molar-refractivity contribution >= 4 is 21.6 Å². The van der Waals surface area contributed by atoms with Crippen LogP contribution in [0.5, 0.6) is 0 Å². The summed E-state index contributed by atoms with van der Waals surface area (Å²) in [4.78, 5) is 4.39. The van der Waals surface area contributed by atoms with Crippen LogP contribution in [0.3, 0.4) is 0 Å². The van der Waals surface area contributed by atoms with Gasteiger partial charge in [0.1, 0.15) is 0 Å². The molecule has 0 bridgehead atoms. The van der Waals surface area contributed by atoms with E-state index in [1.165, 1.54) is 0 Å². The third kappa shape index (κ3) is 2.37. The number of nitrogen functional groups attached to an aromatic ring is 1. The summed E-state index contributed by atoms with van der Waals surface area (Å²) in [6.45, 7) is 0. The molecule has 4 nitrogen and oxygen atoms in total. The molecule has 94 valence electrons. The number of anilines is 1. The number of hydrogen-bond acceptors (Lipinski definition) is 4. The normalized spacial score (nSPS) is 10.6. The van der Waals surface area contributed by atoms with Gasteiger partial charge in [0.25, 0.3) is 5.89 Å². The SMILES string of the molecule is Nc1cccc(-c2noc(-c3ccccc3Br)n2)c1. The topological polar surface area (TPSA) is 64.9 Å². The minimum absolute atomic E-state index is 0.477. The zero-order valence-corrected chi connectivity index (χ0v) is 11.5. The van der Waals surface area contributed by atoms with Crippen LogP contribution in [-0.2, 0) is 0 Å². The van der Waals surface area contributed by atoms with Gasteiger partial charge < -0.3 is 10.3 Å². The van der Waals surface area contributed by atoms with Gasteiger partial charge in [-0.15, -0.1) is 0 Å². The number of rotatable bonds is 2. The molecule has 0 aliphatic carbocycles. The maximum absolute atomic E-state index is 5.74. The standard InChI is InChI=1S/C14H10BrN3O/c15-12-7-2-1-6-11(12)14-17-13(18-19-14)9-4-3-5-10(16)8-9/h1-8H,16H2. The average molecular weight is 316 g/mol. The molecule has 5 heteroatoms. The third-order valence-corrected chi connectivity index (χ3v) is 3.37. The predicted octanol–water partition coefficient (Wildman–Crippen LogP) is 3.75. The van der Waals surface area contributed by atoms with Crippen LogP contribution in [0, 0.1) is 0 Å². The maximum Gasteiger partial charge on any atom is 0.259 e. The minimum atomic E-state index is 0.477. The highest BCUT2D eigenvalue weighted by atomic mass is 79.9. The van der Waals surface area contributed by atoms with Crippen LogP contribution in [0.4, 0.5) is 5.69 Å². The Morgan fingerprint density at radius 3 is 2.68 bits per heavy atom. The lowest BCUT2D eigenvalue weighted by Gasteiger charge is -1.97. The van der Waals surface area contributed by atoms with Crippen LogP contribution in [0.1, 0.15) is 0 Å². The lowest BCUT2D eigenvalue weighted by atomic mass is 10.2. The Hall–Kier alpha value is -2.14. The van der Waals surface area contributed by atoms with Gasteiger partial charge in [0, 0.05) is 15.7 Å². The second kappa shape index (κ2) is 4.85. The molecule has 0 atom stereocenters. The maximum atomic E-state index is 5.74. The van der Waals surface area contributed by atoms with E-state index in [1.807, 2.05) is 48.5 Å². The molecule has 1 aromatic heterocycles. The van der Waals surface area contributed by atoms with Gasteiger partial charge in [-0.1, -0.05) is 29.4 Å². The van der Waals surface area contributed by atoms with Crippen molar-refractivity contribution in [1.29, 1.82) is 0 Å². The van der Waals surface area contributed by atoms with Crippen LogP contribution in [0.15, 0.2) is 57.5 Å². The van der Waals surface area contributed by atoms with Gasteiger partial charge in [0.05, 0.1) is 5.56 Å². The molecule has 2 aromatic carbocycles. The first kappa shape index (κ1) is 11.9. The van der Waals surface area contributed by atoms with Gasteiger partial charge in [0.15, 0.2) is 0 Å². The van der Waals surface area contributed by atoms with Crippen LogP contribution in [0.2, 0.25) is 0 Å². The van der Waals surface area contributed by atoms with E-state index in [1.54, 1.807) is 0 Å². The first-order valence-electron chi connectivity index (χ1n) is 5.68. The molecule has 19 heavy (non-hydrogen) atoms. The van der Waals surface area contributed by atoms with Gasteiger partial charge in [-0.25, -0.2) is 0 Å². The van der Waals surface area contributed by atoms with Crippen molar-refractivity contribution in [2.45, 2.75) is 0 Å². The second-order valence-corrected chi connectivity index (χ2v) is 4.88. The van der Waals surface area contributed by atoms with Crippen molar-refractivity contribution in [3.63, 3.8) is 0 Å². The molecule has 0 fully saturated rings. The molecule has 2 N–H and O–H groups in total. The van der Waals surface area contributed by atoms with E-state index in [0.29, 0.717) is 17.4 Å². The van der Waals surface area contributed by atoms with Crippen molar-refractivity contribution < 1.29 is 4.52 Å². The Balaban J connectivity index is 2.03. The molecule has 0 saturated heterocycles. The summed E-state index contributed by atoms with van der Waals surface area (Å²) in [7, 11) is 0. The van der Waals surface area contributed by atoms with Crippen LogP contribution in [-0.4, -0.2) is 10.1 Å². The fraction of sp³-hybridized carbons (Fsp3) is 0. The Labute approximate surface area is 118 Å². The van der Waals surface area contributed by atoms with Crippen LogP contribution >= 0.6 is 15.9 Å². The molecular weight excluding hydrogens is 306 g/mol. The molecule has 0 aliphatic heterocycles. The van der Waals surface area contributed by atoms with Gasteiger partial charge >= 0.3 is 0 Å². The Morgan fingerprint density at radius 1 is 1.05 bits per heavy atom. The van der Waals surface area contributed by atoms with E-state index in [9.17, 15) is 0 Å². The smallest absolute Gasteiger partial charge is 0.259 e. The monoisotopic (exact) mass is 315 g/mol. The predicted molar refractivity (Wildman–Crippen MR) is 77.3 cm³/mol. The largest absolute Gasteiger partial charge is 0.399 e. The molecule has 0 radical (unpaired) electrons. The summed E-state index contributed by atoms with van der Waals surface area (Å²) in [5.74, 6) is 1.00. The Bertz CT molecular complexity index is 724. The summed E-state index contributed by atoms with van der Waals surface area (Å²) < 4.78 is 6.21. The number of halogens is 1. The molecule has 1 heterocycles. The molecule has 0 unspecified atom stereocenters. The number of aromatic nitrogens is 2. The van der Waals surface area contributed by atoms with Gasteiger partial charge in [0.2, 0.25) is 5.82 Å². The molecule has 0 aliphatic rings. The van der Waals surface area contributed by atoms with Crippen molar-refractivity contribution in [3.05, 3.63) is 53.0 Å². The lowest BCUT2D eigenvalue weighted by molar-refractivity contribution is 0.432. The van der Waals surface area contributed by atoms with E-state index in [-0.39, 0.29) is 0 Å². The summed E-state index contributed by atoms with van der Waals surface area (Å²) in [5.41, 5.74) is 8.12. The molecule has 3 aromatic rings. The van der Waals surface area contributed by atoms with E-state index >= 15 is 0 Å². The van der Waals surface area contributed by atoms with Crippen molar-refractivity contribution in [3.8, 4) is 22.8 Å². The van der Waals surface area contributed by atoms with Crippen LogP contribution in [0.25, 0.3) is 22.8 Å². The zero-order valence-electron chi connectivity index (χ0n) is 9.88. The highest BCUT2D eigenvalue weighted by molar-refractivity contribution is 9.10. The summed E-state index contributed by atoms with van der Waals surface area (Å²) in [6, 6.07) is 15.1. The van der Waals surface area contributed by atoms with Crippen molar-refractivity contribution in [2.24, 2.45) is 0 Å². The summed E-state index contributed by atoms with van der Waals surface area (Å²) in [5, 5.41) is 3.98. The number of nitrogens with two attached hydrogens (primary N) is 1. The van der Waals surface area contributed by atoms with E-state index < -0.39 is 0 Å². The minimum Gasteiger partial charge on any atom is -0.399 e. The number of nitrogens with zero attached hydrogens (tertiary/aromatic N) is 2. The Kier molecular flexibility index (Phi) is 3.05. The third-order valence-electron chi connectivity index (χ3n) is 2.68. The number of hydrogen-bond donors (Lipinski definition) is 1. The second-order valence-electron chi connectivity index (χ2n) is 4.03. The fourth-order valence-corrected chi connectivity index (χ4v) is 2.22. The fourth-order valence-electron chi connectivity index (χ4n) is 1.76. The van der Waals surface area contributed by atoms with E-state index in [4.69, 9.17) is 10.3 Å². The first-order valence-corrected chi connectivity index (χ1v) is 6.48. The molecule has 0 spiro atoms. The van der Waals surface area contributed by atoms with Crippen molar-refractivity contribution in [2.75, 3.05) is 5.73 Å².